The maximum Gasteiger partial charge on any atom is 0.222 e. The highest BCUT2D eigenvalue weighted by molar-refractivity contribution is 7.71. The molecule has 1 amide bonds. The van der Waals surface area contributed by atoms with E-state index < -0.39 is 0 Å². The summed E-state index contributed by atoms with van der Waals surface area (Å²) in [5.41, 5.74) is 0. The van der Waals surface area contributed by atoms with Crippen molar-refractivity contribution >= 4 is 29.5 Å². The molecule has 1 fully saturated rings. The first-order valence-corrected chi connectivity index (χ1v) is 9.40. The first kappa shape index (κ1) is 16.4. The van der Waals surface area contributed by atoms with Gasteiger partial charge in [0.1, 0.15) is 0 Å². The van der Waals surface area contributed by atoms with Crippen LogP contribution in [0.3, 0.4) is 0 Å². The van der Waals surface area contributed by atoms with Crippen LogP contribution in [0.5, 0.6) is 0 Å². The molecule has 0 saturated heterocycles. The molecular formula is C16H22N4OS2. The first-order chi connectivity index (χ1) is 11.1. The molecule has 0 aromatic carbocycles. The van der Waals surface area contributed by atoms with E-state index in [0.29, 0.717) is 23.8 Å². The molecule has 7 heteroatoms. The molecule has 0 bridgehead atoms. The zero-order valence-electron chi connectivity index (χ0n) is 13.2. The van der Waals surface area contributed by atoms with Crippen LogP contribution in [-0.4, -0.2) is 26.7 Å². The second-order valence-electron chi connectivity index (χ2n) is 6.26. The van der Waals surface area contributed by atoms with Gasteiger partial charge in [0.05, 0.1) is 4.88 Å². The van der Waals surface area contributed by atoms with Crippen LogP contribution in [0.2, 0.25) is 0 Å². The summed E-state index contributed by atoms with van der Waals surface area (Å²) in [6, 6.07) is 4.33. The third-order valence-electron chi connectivity index (χ3n) is 4.44. The molecule has 5 nitrogen and oxygen atoms in total. The zero-order valence-corrected chi connectivity index (χ0v) is 14.9. The van der Waals surface area contributed by atoms with Gasteiger partial charge in [-0.3, -0.25) is 14.5 Å². The van der Waals surface area contributed by atoms with E-state index >= 15 is 0 Å². The van der Waals surface area contributed by atoms with E-state index in [4.69, 9.17) is 12.2 Å². The number of hydrogen-bond acceptors (Lipinski definition) is 4. The van der Waals surface area contributed by atoms with Crippen LogP contribution in [0.15, 0.2) is 17.5 Å². The van der Waals surface area contributed by atoms with Gasteiger partial charge in [-0.2, -0.15) is 5.10 Å². The Morgan fingerprint density at radius 3 is 2.96 bits per heavy atom. The molecule has 0 spiro atoms. The standard InChI is InChI=1S/C16H22N4OS2/c1-11-4-6-12(7-5-11)17-14(21)8-9-20-15(18-19-16(20)22)13-3-2-10-23-13/h2-3,10-12H,4-9H2,1H3,(H,17,21)(H,19,22). The molecule has 23 heavy (non-hydrogen) atoms. The number of rotatable bonds is 5. The quantitative estimate of drug-likeness (QED) is 0.807. The molecule has 2 heterocycles. The first-order valence-electron chi connectivity index (χ1n) is 8.12. The van der Waals surface area contributed by atoms with Crippen LogP contribution in [0, 0.1) is 10.7 Å². The highest BCUT2D eigenvalue weighted by atomic mass is 32.1. The number of nitrogens with zero attached hydrogens (tertiary/aromatic N) is 2. The van der Waals surface area contributed by atoms with Gasteiger partial charge in [-0.15, -0.1) is 11.3 Å². The maximum atomic E-state index is 12.2. The number of carbonyl (C=O) groups is 1. The average molecular weight is 351 g/mol. The lowest BCUT2D eigenvalue weighted by Crippen LogP contribution is -2.37. The topological polar surface area (TPSA) is 62.7 Å². The van der Waals surface area contributed by atoms with Gasteiger partial charge in [0.2, 0.25) is 5.91 Å². The third kappa shape index (κ3) is 4.09. The van der Waals surface area contributed by atoms with Crippen molar-refractivity contribution in [3.05, 3.63) is 22.3 Å². The monoisotopic (exact) mass is 350 g/mol. The smallest absolute Gasteiger partial charge is 0.222 e. The number of amides is 1. The predicted octanol–water partition coefficient (Wildman–Crippen LogP) is 3.75. The van der Waals surface area contributed by atoms with E-state index in [1.54, 1.807) is 11.3 Å². The third-order valence-corrected chi connectivity index (χ3v) is 5.62. The molecule has 2 N–H and O–H groups in total. The molecule has 1 aliphatic rings. The minimum Gasteiger partial charge on any atom is -0.353 e. The molecule has 1 aliphatic carbocycles. The summed E-state index contributed by atoms with van der Waals surface area (Å²) in [4.78, 5) is 13.3. The fourth-order valence-electron chi connectivity index (χ4n) is 3.04. The lowest BCUT2D eigenvalue weighted by molar-refractivity contribution is -0.122. The highest BCUT2D eigenvalue weighted by Gasteiger charge is 2.20. The van der Waals surface area contributed by atoms with Gasteiger partial charge in [0.15, 0.2) is 10.6 Å². The number of aromatic amines is 1. The molecule has 3 rings (SSSR count). The Morgan fingerprint density at radius 2 is 2.26 bits per heavy atom. The van der Waals surface area contributed by atoms with Gasteiger partial charge in [0, 0.05) is 19.0 Å². The van der Waals surface area contributed by atoms with Crippen molar-refractivity contribution in [3.8, 4) is 10.7 Å². The molecule has 0 atom stereocenters. The Kier molecular flexibility index (Phi) is 5.27. The van der Waals surface area contributed by atoms with Gasteiger partial charge in [0.25, 0.3) is 0 Å². The molecule has 0 unspecified atom stereocenters. The van der Waals surface area contributed by atoms with E-state index in [0.717, 1.165) is 29.5 Å². The molecule has 0 aliphatic heterocycles. The summed E-state index contributed by atoms with van der Waals surface area (Å²) in [7, 11) is 0. The predicted molar refractivity (Wildman–Crippen MR) is 94.9 cm³/mol. The number of thiophene rings is 1. The SMILES string of the molecule is CC1CCC(NC(=O)CCn2c(-c3cccs3)n[nH]c2=S)CC1. The van der Waals surface area contributed by atoms with Crippen molar-refractivity contribution in [2.45, 2.75) is 51.6 Å². The van der Waals surface area contributed by atoms with E-state index in [9.17, 15) is 4.79 Å². The van der Waals surface area contributed by atoms with Crippen LogP contribution >= 0.6 is 23.6 Å². The second kappa shape index (κ2) is 7.40. The Bertz CT molecular complexity index is 696. The summed E-state index contributed by atoms with van der Waals surface area (Å²) in [6.07, 6.45) is 5.04. The van der Waals surface area contributed by atoms with Gasteiger partial charge in [-0.25, -0.2) is 0 Å². The van der Waals surface area contributed by atoms with E-state index in [1.165, 1.54) is 12.8 Å². The fourth-order valence-corrected chi connectivity index (χ4v) is 3.98. The number of nitrogens with one attached hydrogen (secondary N) is 2. The summed E-state index contributed by atoms with van der Waals surface area (Å²) < 4.78 is 2.47. The number of hydrogen-bond donors (Lipinski definition) is 2. The van der Waals surface area contributed by atoms with Gasteiger partial charge >= 0.3 is 0 Å². The lowest BCUT2D eigenvalue weighted by atomic mass is 9.87. The average Bonchev–Trinajstić information content (AvgIpc) is 3.17. The number of carbonyl (C=O) groups excluding carboxylic acids is 1. The van der Waals surface area contributed by atoms with Crippen molar-refractivity contribution in [1.29, 1.82) is 0 Å². The maximum absolute atomic E-state index is 12.2. The summed E-state index contributed by atoms with van der Waals surface area (Å²) in [5, 5.41) is 12.3. The Hall–Kier alpha value is -1.47. The van der Waals surface area contributed by atoms with Crippen molar-refractivity contribution in [1.82, 2.24) is 20.1 Å². The Balaban J connectivity index is 1.57. The van der Waals surface area contributed by atoms with Crippen molar-refractivity contribution < 1.29 is 4.79 Å². The normalized spacial score (nSPS) is 21.3. The molecule has 1 saturated carbocycles. The Morgan fingerprint density at radius 1 is 1.48 bits per heavy atom. The minimum atomic E-state index is 0.102. The highest BCUT2D eigenvalue weighted by Crippen LogP contribution is 2.24. The van der Waals surface area contributed by atoms with Crippen molar-refractivity contribution in [3.63, 3.8) is 0 Å². The van der Waals surface area contributed by atoms with Crippen LogP contribution in [0.25, 0.3) is 10.7 Å². The van der Waals surface area contributed by atoms with E-state index in [-0.39, 0.29) is 5.91 Å². The summed E-state index contributed by atoms with van der Waals surface area (Å²) >= 11 is 6.91. The van der Waals surface area contributed by atoms with Crippen molar-refractivity contribution in [2.24, 2.45) is 5.92 Å². The minimum absolute atomic E-state index is 0.102. The zero-order chi connectivity index (χ0) is 16.2. The van der Waals surface area contributed by atoms with E-state index in [2.05, 4.69) is 22.4 Å². The summed E-state index contributed by atoms with van der Waals surface area (Å²) in [5.74, 6) is 1.70. The Labute approximate surface area is 145 Å². The fraction of sp³-hybridized carbons (Fsp3) is 0.562. The van der Waals surface area contributed by atoms with Crippen molar-refractivity contribution in [2.75, 3.05) is 0 Å². The van der Waals surface area contributed by atoms with Gasteiger partial charge in [-0.05, 0) is 55.3 Å². The van der Waals surface area contributed by atoms with Gasteiger partial charge in [-0.1, -0.05) is 13.0 Å². The number of H-pyrrole nitrogens is 1. The number of aromatic nitrogens is 3. The van der Waals surface area contributed by atoms with Crippen LogP contribution in [0.1, 0.15) is 39.0 Å². The molecule has 124 valence electrons. The molecule has 2 aromatic heterocycles. The molecule has 0 radical (unpaired) electrons. The second-order valence-corrected chi connectivity index (χ2v) is 7.59. The summed E-state index contributed by atoms with van der Waals surface area (Å²) in [6.45, 7) is 2.84. The molecular weight excluding hydrogens is 328 g/mol. The van der Waals surface area contributed by atoms with Crippen LogP contribution in [-0.2, 0) is 11.3 Å². The van der Waals surface area contributed by atoms with Crippen LogP contribution < -0.4 is 5.32 Å². The van der Waals surface area contributed by atoms with E-state index in [1.807, 2.05) is 22.1 Å². The largest absolute Gasteiger partial charge is 0.353 e. The molecule has 2 aromatic rings. The van der Waals surface area contributed by atoms with Crippen LogP contribution in [0.4, 0.5) is 0 Å². The lowest BCUT2D eigenvalue weighted by Gasteiger charge is -2.26. The van der Waals surface area contributed by atoms with Gasteiger partial charge < -0.3 is 5.32 Å².